The molecule has 0 aliphatic carbocycles. The van der Waals surface area contributed by atoms with Crippen LogP contribution in [0.2, 0.25) is 0 Å². The summed E-state index contributed by atoms with van der Waals surface area (Å²) in [6.45, 7) is 11.0. The average Bonchev–Trinajstić information content (AvgIpc) is 3.09. The van der Waals surface area contributed by atoms with E-state index in [9.17, 15) is 8.42 Å². The third kappa shape index (κ3) is 4.90. The Hall–Kier alpha value is -2.24. The number of rotatable bonds is 8. The van der Waals surface area contributed by atoms with E-state index in [1.165, 1.54) is 9.21 Å². The molecule has 190 valence electrons. The zero-order chi connectivity index (χ0) is 25.3. The molecule has 1 aliphatic heterocycles. The number of hydrogen-bond acceptors (Lipinski definition) is 5. The molecule has 0 bridgehead atoms. The molecule has 0 saturated carbocycles. The van der Waals surface area contributed by atoms with Crippen LogP contribution >= 0.6 is 12.2 Å². The summed E-state index contributed by atoms with van der Waals surface area (Å²) >= 11 is 6.01. The van der Waals surface area contributed by atoms with Crippen LogP contribution in [-0.4, -0.2) is 67.4 Å². The number of para-hydroxylation sites is 2. The third-order valence-electron chi connectivity index (χ3n) is 6.57. The monoisotopic (exact) mass is 519 g/mol. The summed E-state index contributed by atoms with van der Waals surface area (Å²) in [7, 11) is -1.98. The van der Waals surface area contributed by atoms with Crippen LogP contribution in [0.1, 0.15) is 27.7 Å². The molecule has 1 N–H and O–H groups in total. The standard InChI is InChI=1S/C25H34N4O4S2/c1-6-27(7-2)35(30,31)20-12-13-21-23(14-20)28(17-26-15-18(3)33-19(4)16-26)25(34)29(21)22-10-8-9-11-24(22)32-5/h8-14,18-19H,6-7,15-17H2,1-5H3/p+1/t18-,19+. The van der Waals surface area contributed by atoms with Gasteiger partial charge in [0.25, 0.3) is 0 Å². The SMILES string of the molecule is CCN(CC)S(=O)(=O)c1ccc2c(c1)n(C[NH+]1C[C@@H](C)O[C@@H](C)C1)c(=S)n2-c1ccccc1OC. The first-order chi connectivity index (χ1) is 16.7. The maximum Gasteiger partial charge on any atom is 0.243 e. The van der Waals surface area contributed by atoms with E-state index in [0.29, 0.717) is 30.3 Å². The first kappa shape index (κ1) is 25.8. The van der Waals surface area contributed by atoms with Crippen LogP contribution < -0.4 is 9.64 Å². The molecule has 35 heavy (non-hydrogen) atoms. The molecule has 2 heterocycles. The van der Waals surface area contributed by atoms with Gasteiger partial charge in [-0.25, -0.2) is 8.42 Å². The molecule has 3 atom stereocenters. The number of morpholine rings is 1. The van der Waals surface area contributed by atoms with Crippen molar-refractivity contribution in [3.05, 3.63) is 47.2 Å². The van der Waals surface area contributed by atoms with E-state index in [0.717, 1.165) is 29.8 Å². The van der Waals surface area contributed by atoms with Crippen LogP contribution in [0, 0.1) is 4.77 Å². The highest BCUT2D eigenvalue weighted by Gasteiger charge is 2.28. The number of methoxy groups -OCH3 is 1. The minimum absolute atomic E-state index is 0.143. The van der Waals surface area contributed by atoms with Gasteiger partial charge in [0.15, 0.2) is 11.4 Å². The number of ether oxygens (including phenoxy) is 2. The molecule has 0 spiro atoms. The molecule has 8 nitrogen and oxygen atoms in total. The number of quaternary nitrogens is 1. The Bertz CT molecular complexity index is 1350. The van der Waals surface area contributed by atoms with Gasteiger partial charge in [-0.3, -0.25) is 9.13 Å². The van der Waals surface area contributed by atoms with E-state index in [1.54, 1.807) is 19.2 Å². The number of benzene rings is 2. The second-order valence-corrected chi connectivity index (χ2v) is 11.3. The number of nitrogens with one attached hydrogen (secondary N) is 1. The van der Waals surface area contributed by atoms with Gasteiger partial charge in [0.05, 0.1) is 28.7 Å². The lowest BCUT2D eigenvalue weighted by Gasteiger charge is -2.32. The van der Waals surface area contributed by atoms with Crippen molar-refractivity contribution in [2.75, 3.05) is 33.3 Å². The maximum absolute atomic E-state index is 13.3. The Balaban J connectivity index is 1.93. The van der Waals surface area contributed by atoms with E-state index < -0.39 is 10.0 Å². The highest BCUT2D eigenvalue weighted by molar-refractivity contribution is 7.89. The van der Waals surface area contributed by atoms with Gasteiger partial charge in [0.1, 0.15) is 31.0 Å². The molecule has 1 aromatic heterocycles. The normalized spacial score (nSPS) is 21.0. The van der Waals surface area contributed by atoms with Crippen LogP contribution in [0.3, 0.4) is 0 Å². The summed E-state index contributed by atoms with van der Waals surface area (Å²) in [5.74, 6) is 0.698. The van der Waals surface area contributed by atoms with Crippen molar-refractivity contribution in [3.8, 4) is 11.4 Å². The highest BCUT2D eigenvalue weighted by Crippen LogP contribution is 2.30. The fraction of sp³-hybridized carbons (Fsp3) is 0.480. The van der Waals surface area contributed by atoms with E-state index in [1.807, 2.05) is 48.7 Å². The van der Waals surface area contributed by atoms with Crippen molar-refractivity contribution in [2.45, 2.75) is 51.5 Å². The van der Waals surface area contributed by atoms with Gasteiger partial charge in [-0.1, -0.05) is 26.0 Å². The summed E-state index contributed by atoms with van der Waals surface area (Å²) in [5, 5.41) is 0. The molecule has 3 aromatic rings. The van der Waals surface area contributed by atoms with E-state index in [4.69, 9.17) is 21.7 Å². The minimum atomic E-state index is -3.62. The Morgan fingerprint density at radius 1 is 1.09 bits per heavy atom. The molecule has 1 fully saturated rings. The van der Waals surface area contributed by atoms with Crippen LogP contribution in [0.4, 0.5) is 0 Å². The predicted octanol–water partition coefficient (Wildman–Crippen LogP) is 2.85. The third-order valence-corrected chi connectivity index (χ3v) is 9.02. The molecular formula is C25H35N4O4S2+. The van der Waals surface area contributed by atoms with Gasteiger partial charge in [-0.2, -0.15) is 4.31 Å². The van der Waals surface area contributed by atoms with Gasteiger partial charge >= 0.3 is 0 Å². The topological polar surface area (TPSA) is 70.1 Å². The first-order valence-electron chi connectivity index (χ1n) is 12.1. The molecule has 0 amide bonds. The number of hydrogen-bond donors (Lipinski definition) is 1. The molecule has 1 unspecified atom stereocenters. The maximum atomic E-state index is 13.3. The Labute approximate surface area is 212 Å². The average molecular weight is 520 g/mol. The Morgan fingerprint density at radius 3 is 2.37 bits per heavy atom. The van der Waals surface area contributed by atoms with Crippen LogP contribution in [0.5, 0.6) is 5.75 Å². The van der Waals surface area contributed by atoms with Crippen molar-refractivity contribution >= 4 is 33.3 Å². The second-order valence-electron chi connectivity index (χ2n) is 9.03. The lowest BCUT2D eigenvalue weighted by atomic mass is 10.2. The van der Waals surface area contributed by atoms with Gasteiger partial charge < -0.3 is 14.4 Å². The Kier molecular flexibility index (Phi) is 7.68. The lowest BCUT2D eigenvalue weighted by molar-refractivity contribution is -0.936. The largest absolute Gasteiger partial charge is 0.495 e. The minimum Gasteiger partial charge on any atom is -0.495 e. The fourth-order valence-corrected chi connectivity index (χ4v) is 6.89. The van der Waals surface area contributed by atoms with Crippen molar-refractivity contribution < 1.29 is 22.8 Å². The van der Waals surface area contributed by atoms with Crippen molar-refractivity contribution in [2.24, 2.45) is 0 Å². The Morgan fingerprint density at radius 2 is 1.74 bits per heavy atom. The van der Waals surface area contributed by atoms with Gasteiger partial charge in [-0.15, -0.1) is 0 Å². The quantitative estimate of drug-likeness (QED) is 0.464. The van der Waals surface area contributed by atoms with E-state index in [-0.39, 0.29) is 17.1 Å². The number of sulfonamides is 1. The summed E-state index contributed by atoms with van der Waals surface area (Å²) < 4.78 is 44.3. The van der Waals surface area contributed by atoms with Gasteiger partial charge in [0, 0.05) is 13.1 Å². The van der Waals surface area contributed by atoms with E-state index >= 15 is 0 Å². The van der Waals surface area contributed by atoms with Crippen LogP contribution in [0.15, 0.2) is 47.4 Å². The second kappa shape index (κ2) is 10.4. The van der Waals surface area contributed by atoms with Crippen molar-refractivity contribution in [1.29, 1.82) is 0 Å². The lowest BCUT2D eigenvalue weighted by Crippen LogP contribution is -3.14. The molecule has 1 saturated heterocycles. The zero-order valence-corrected chi connectivity index (χ0v) is 22.7. The molecule has 0 radical (unpaired) electrons. The smallest absolute Gasteiger partial charge is 0.243 e. The van der Waals surface area contributed by atoms with Gasteiger partial charge in [0.2, 0.25) is 10.0 Å². The number of nitrogens with zero attached hydrogens (tertiary/aromatic N) is 3. The van der Waals surface area contributed by atoms with Crippen LogP contribution in [0.25, 0.3) is 16.7 Å². The summed E-state index contributed by atoms with van der Waals surface area (Å²) in [5.41, 5.74) is 2.45. The summed E-state index contributed by atoms with van der Waals surface area (Å²) in [6, 6.07) is 13.0. The van der Waals surface area contributed by atoms with E-state index in [2.05, 4.69) is 18.4 Å². The predicted molar refractivity (Wildman–Crippen MR) is 139 cm³/mol. The molecule has 2 aromatic carbocycles. The summed E-state index contributed by atoms with van der Waals surface area (Å²) in [6.07, 6.45) is 0.285. The number of aromatic nitrogens is 2. The molecule has 1 aliphatic rings. The first-order valence-corrected chi connectivity index (χ1v) is 13.9. The summed E-state index contributed by atoms with van der Waals surface area (Å²) in [4.78, 5) is 1.61. The van der Waals surface area contributed by atoms with Crippen LogP contribution in [-0.2, 0) is 21.4 Å². The van der Waals surface area contributed by atoms with Crippen molar-refractivity contribution in [1.82, 2.24) is 13.4 Å². The zero-order valence-electron chi connectivity index (χ0n) is 21.0. The highest BCUT2D eigenvalue weighted by atomic mass is 32.2. The van der Waals surface area contributed by atoms with Gasteiger partial charge in [-0.05, 0) is 56.4 Å². The molecular weight excluding hydrogens is 484 g/mol. The fourth-order valence-electron chi connectivity index (χ4n) is 5.05. The van der Waals surface area contributed by atoms with Crippen molar-refractivity contribution in [3.63, 3.8) is 0 Å². The molecule has 10 heteroatoms. The molecule has 4 rings (SSSR count). The number of imidazole rings is 1. The number of fused-ring (bicyclic) bond motifs is 1.